The van der Waals surface area contributed by atoms with Crippen molar-refractivity contribution in [3.8, 4) is 0 Å². The molecule has 1 heteroatoms. The molecule has 0 aliphatic heterocycles. The summed E-state index contributed by atoms with van der Waals surface area (Å²) in [5.41, 5.74) is 1.49. The zero-order valence-corrected chi connectivity index (χ0v) is 16.7. The van der Waals surface area contributed by atoms with E-state index >= 15 is 0 Å². The summed E-state index contributed by atoms with van der Waals surface area (Å²) in [7, 11) is 0. The number of allylic oxidation sites excluding steroid dienone is 3. The van der Waals surface area contributed by atoms with Gasteiger partial charge in [-0.05, 0) is 23.8 Å². The highest BCUT2D eigenvalue weighted by molar-refractivity contribution is 5.70. The molecule has 0 saturated heterocycles. The summed E-state index contributed by atoms with van der Waals surface area (Å²) in [5.74, 6) is 0. The third kappa shape index (κ3) is 10.6. The maximum absolute atomic E-state index is 4.37. The van der Waals surface area contributed by atoms with E-state index in [9.17, 15) is 0 Å². The van der Waals surface area contributed by atoms with Crippen LogP contribution in [-0.4, -0.2) is 6.21 Å². The maximum atomic E-state index is 4.37. The number of rotatable bonds is 16. The highest BCUT2D eigenvalue weighted by Gasteiger charge is 2.26. The van der Waals surface area contributed by atoms with E-state index in [2.05, 4.69) is 38.9 Å². The zero-order valence-electron chi connectivity index (χ0n) is 16.7. The summed E-state index contributed by atoms with van der Waals surface area (Å²) in [6.07, 6.45) is 23.4. The Morgan fingerprint density at radius 3 is 1.75 bits per heavy atom. The molecule has 0 aromatic carbocycles. The van der Waals surface area contributed by atoms with Crippen molar-refractivity contribution in [1.29, 1.82) is 0 Å². The van der Waals surface area contributed by atoms with Gasteiger partial charge in [-0.1, -0.05) is 110 Å². The van der Waals surface area contributed by atoms with E-state index in [1.165, 1.54) is 82.6 Å². The van der Waals surface area contributed by atoms with Crippen molar-refractivity contribution in [2.24, 2.45) is 10.4 Å². The molecule has 0 aromatic rings. The monoisotopic (exact) mass is 331 g/mol. The molecule has 0 radical (unpaired) electrons. The molecule has 138 valence electrons. The van der Waals surface area contributed by atoms with Crippen LogP contribution in [0.2, 0.25) is 0 Å². The fraction of sp³-hybridized carbons (Fsp3) is 0.696. The smallest absolute Gasteiger partial charge is 0.0305 e. The Bertz CT molecular complexity index is 361. The van der Waals surface area contributed by atoms with Gasteiger partial charge in [0.05, 0.1) is 0 Å². The zero-order chi connectivity index (χ0) is 18.1. The van der Waals surface area contributed by atoms with Crippen LogP contribution in [-0.2, 0) is 0 Å². The lowest BCUT2D eigenvalue weighted by Crippen LogP contribution is -2.19. The number of nitrogens with zero attached hydrogens (tertiary/aromatic N) is 1. The fourth-order valence-corrected chi connectivity index (χ4v) is 3.29. The molecule has 0 saturated carbocycles. The van der Waals surface area contributed by atoms with Crippen molar-refractivity contribution >= 4 is 6.21 Å². The van der Waals surface area contributed by atoms with E-state index in [1.54, 1.807) is 12.3 Å². The third-order valence-electron chi connectivity index (χ3n) is 4.99. The molecule has 0 amide bonds. The van der Waals surface area contributed by atoms with E-state index in [0.717, 1.165) is 0 Å². The van der Waals surface area contributed by atoms with Gasteiger partial charge in [-0.15, -0.1) is 0 Å². The predicted octanol–water partition coefficient (Wildman–Crippen LogP) is 8.04. The van der Waals surface area contributed by atoms with Crippen molar-refractivity contribution in [3.05, 3.63) is 37.1 Å². The van der Waals surface area contributed by atoms with E-state index in [0.29, 0.717) is 0 Å². The van der Waals surface area contributed by atoms with Gasteiger partial charge in [0.1, 0.15) is 0 Å². The van der Waals surface area contributed by atoms with Crippen molar-refractivity contribution in [3.63, 3.8) is 0 Å². The Labute approximate surface area is 152 Å². The Kier molecular flexibility index (Phi) is 14.7. The van der Waals surface area contributed by atoms with E-state index in [1.807, 2.05) is 12.3 Å². The van der Waals surface area contributed by atoms with Crippen LogP contribution in [0.3, 0.4) is 0 Å². The van der Waals surface area contributed by atoms with Gasteiger partial charge in [-0.2, -0.15) is 0 Å². The van der Waals surface area contributed by atoms with Crippen LogP contribution in [0, 0.1) is 5.41 Å². The van der Waals surface area contributed by atoms with Crippen molar-refractivity contribution in [1.82, 2.24) is 0 Å². The first-order chi connectivity index (χ1) is 11.6. The van der Waals surface area contributed by atoms with E-state index < -0.39 is 0 Å². The molecule has 0 aromatic heterocycles. The Morgan fingerprint density at radius 2 is 1.33 bits per heavy atom. The third-order valence-corrected chi connectivity index (χ3v) is 4.99. The van der Waals surface area contributed by atoms with Crippen LogP contribution < -0.4 is 0 Å². The molecule has 0 atom stereocenters. The van der Waals surface area contributed by atoms with E-state index in [-0.39, 0.29) is 5.41 Å². The van der Waals surface area contributed by atoms with Gasteiger partial charge in [0.25, 0.3) is 0 Å². The molecule has 0 fully saturated rings. The highest BCUT2D eigenvalue weighted by Crippen LogP contribution is 2.39. The van der Waals surface area contributed by atoms with Gasteiger partial charge in [0, 0.05) is 12.4 Å². The minimum Gasteiger partial charge on any atom is -0.264 e. The van der Waals surface area contributed by atoms with Crippen molar-refractivity contribution in [2.45, 2.75) is 97.8 Å². The molecular formula is C23H41N. The molecule has 0 heterocycles. The summed E-state index contributed by atoms with van der Waals surface area (Å²) in [4.78, 5) is 4.37. The normalized spacial score (nSPS) is 12.7. The lowest BCUT2D eigenvalue weighted by atomic mass is 9.74. The second-order valence-electron chi connectivity index (χ2n) is 7.21. The molecule has 0 rings (SSSR count). The number of unbranched alkanes of at least 4 members (excludes halogenated alkanes) is 8. The lowest BCUT2D eigenvalue weighted by molar-refractivity contribution is 0.313. The van der Waals surface area contributed by atoms with Crippen molar-refractivity contribution in [2.75, 3.05) is 0 Å². The van der Waals surface area contributed by atoms with Crippen LogP contribution in [0.15, 0.2) is 42.1 Å². The maximum Gasteiger partial charge on any atom is 0.0305 e. The van der Waals surface area contributed by atoms with E-state index in [4.69, 9.17) is 0 Å². The SMILES string of the molecule is C=CC=N/C=C(\C=C)C(C)(CCCCCCC)CCCCCCC. The second kappa shape index (κ2) is 15.4. The fourth-order valence-electron chi connectivity index (χ4n) is 3.29. The molecule has 0 aliphatic rings. The molecule has 0 bridgehead atoms. The van der Waals surface area contributed by atoms with Gasteiger partial charge in [0.2, 0.25) is 0 Å². The van der Waals surface area contributed by atoms with Crippen molar-refractivity contribution < 1.29 is 0 Å². The van der Waals surface area contributed by atoms with Crippen LogP contribution in [0.25, 0.3) is 0 Å². The summed E-state index contributed by atoms with van der Waals surface area (Å²) < 4.78 is 0. The first kappa shape index (κ1) is 22.9. The summed E-state index contributed by atoms with van der Waals surface area (Å²) in [6.45, 7) is 14.7. The number of hydrogen-bond acceptors (Lipinski definition) is 1. The van der Waals surface area contributed by atoms with Gasteiger partial charge in [-0.25, -0.2) is 0 Å². The van der Waals surface area contributed by atoms with Crippen LogP contribution in [0.4, 0.5) is 0 Å². The lowest BCUT2D eigenvalue weighted by Gasteiger charge is -2.31. The van der Waals surface area contributed by atoms with Gasteiger partial charge >= 0.3 is 0 Å². The molecule has 0 unspecified atom stereocenters. The average molecular weight is 332 g/mol. The summed E-state index contributed by atoms with van der Waals surface area (Å²) in [5, 5.41) is 0. The molecule has 24 heavy (non-hydrogen) atoms. The first-order valence-corrected chi connectivity index (χ1v) is 10.1. The first-order valence-electron chi connectivity index (χ1n) is 10.1. The van der Waals surface area contributed by atoms with Crippen LogP contribution in [0.1, 0.15) is 97.8 Å². The quantitative estimate of drug-likeness (QED) is 0.154. The molecule has 0 N–H and O–H groups in total. The molecule has 0 spiro atoms. The molecule has 0 aliphatic carbocycles. The summed E-state index contributed by atoms with van der Waals surface area (Å²) in [6, 6.07) is 0. The topological polar surface area (TPSA) is 12.4 Å². The largest absolute Gasteiger partial charge is 0.264 e. The minimum atomic E-state index is 0.207. The van der Waals surface area contributed by atoms with Gasteiger partial charge < -0.3 is 0 Å². The Morgan fingerprint density at radius 1 is 0.833 bits per heavy atom. The molecule has 1 nitrogen and oxygen atoms in total. The van der Waals surface area contributed by atoms with Crippen LogP contribution in [0.5, 0.6) is 0 Å². The number of hydrogen-bond donors (Lipinski definition) is 0. The second-order valence-corrected chi connectivity index (χ2v) is 7.21. The predicted molar refractivity (Wildman–Crippen MR) is 112 cm³/mol. The summed E-state index contributed by atoms with van der Waals surface area (Å²) >= 11 is 0. The Hall–Kier alpha value is -1.11. The van der Waals surface area contributed by atoms with Gasteiger partial charge in [0.15, 0.2) is 0 Å². The van der Waals surface area contributed by atoms with Gasteiger partial charge in [-0.3, -0.25) is 4.99 Å². The van der Waals surface area contributed by atoms with Crippen LogP contribution >= 0.6 is 0 Å². The molecular weight excluding hydrogens is 290 g/mol. The number of aliphatic imine (C=N–C) groups is 1. The Balaban J connectivity index is 4.75. The minimum absolute atomic E-state index is 0.207. The standard InChI is InChI=1S/C23H41N/c1-6-10-12-14-16-18-23(5,19-17-15-13-11-7-2)22(9-4)21-24-20-8-3/h8-9,20-21H,3-4,6-7,10-19H2,1-2,5H3/b22-21+,24-20?. The highest BCUT2D eigenvalue weighted by atomic mass is 14.7. The average Bonchev–Trinajstić information content (AvgIpc) is 2.58.